The standard InChI is InChI=1S/C16H12ClN3O2/c1-9-2-7-13-12(8-9)14(16(22)18-13)19-20-15(21)10-3-5-11(17)6-4-10/h2-8,18,22H,1H3. The summed E-state index contributed by atoms with van der Waals surface area (Å²) in [5.41, 5.74) is 2.38. The second kappa shape index (κ2) is 5.61. The highest BCUT2D eigenvalue weighted by Crippen LogP contribution is 2.35. The van der Waals surface area contributed by atoms with Gasteiger partial charge in [-0.1, -0.05) is 23.2 Å². The van der Waals surface area contributed by atoms with Gasteiger partial charge in [0.1, 0.15) is 0 Å². The molecule has 0 bridgehead atoms. The Morgan fingerprint density at radius 3 is 2.64 bits per heavy atom. The monoisotopic (exact) mass is 313 g/mol. The van der Waals surface area contributed by atoms with Crippen molar-refractivity contribution in [2.24, 2.45) is 10.2 Å². The van der Waals surface area contributed by atoms with Crippen molar-refractivity contribution in [3.63, 3.8) is 0 Å². The van der Waals surface area contributed by atoms with Crippen molar-refractivity contribution in [2.45, 2.75) is 6.92 Å². The van der Waals surface area contributed by atoms with E-state index in [2.05, 4.69) is 15.2 Å². The Balaban J connectivity index is 1.95. The number of azo groups is 1. The minimum Gasteiger partial charge on any atom is -0.493 e. The van der Waals surface area contributed by atoms with Crippen molar-refractivity contribution in [3.8, 4) is 5.88 Å². The van der Waals surface area contributed by atoms with Crippen LogP contribution in [0.15, 0.2) is 52.7 Å². The van der Waals surface area contributed by atoms with Crippen molar-refractivity contribution in [3.05, 3.63) is 58.6 Å². The van der Waals surface area contributed by atoms with E-state index in [0.717, 1.165) is 11.1 Å². The third-order valence-electron chi connectivity index (χ3n) is 3.24. The zero-order valence-corrected chi connectivity index (χ0v) is 12.4. The molecule has 0 aliphatic carbocycles. The first-order valence-corrected chi connectivity index (χ1v) is 6.95. The normalized spacial score (nSPS) is 11.4. The van der Waals surface area contributed by atoms with Gasteiger partial charge in [0, 0.05) is 16.0 Å². The number of amides is 1. The second-order valence-electron chi connectivity index (χ2n) is 4.88. The van der Waals surface area contributed by atoms with Gasteiger partial charge in [-0.15, -0.1) is 10.2 Å². The van der Waals surface area contributed by atoms with E-state index >= 15 is 0 Å². The lowest BCUT2D eigenvalue weighted by Crippen LogP contribution is -1.92. The highest BCUT2D eigenvalue weighted by molar-refractivity contribution is 6.30. The van der Waals surface area contributed by atoms with Crippen molar-refractivity contribution >= 4 is 34.1 Å². The van der Waals surface area contributed by atoms with Crippen molar-refractivity contribution in [1.29, 1.82) is 0 Å². The van der Waals surface area contributed by atoms with Crippen LogP contribution in [0, 0.1) is 6.92 Å². The Labute approximate surface area is 131 Å². The van der Waals surface area contributed by atoms with Crippen molar-refractivity contribution in [1.82, 2.24) is 4.98 Å². The molecule has 0 saturated heterocycles. The van der Waals surface area contributed by atoms with Gasteiger partial charge in [0.15, 0.2) is 5.69 Å². The number of nitrogens with one attached hydrogen (secondary N) is 1. The fourth-order valence-corrected chi connectivity index (χ4v) is 2.25. The molecule has 6 heteroatoms. The molecule has 0 spiro atoms. The highest BCUT2D eigenvalue weighted by atomic mass is 35.5. The predicted octanol–water partition coefficient (Wildman–Crippen LogP) is 4.76. The van der Waals surface area contributed by atoms with E-state index in [4.69, 9.17) is 11.6 Å². The van der Waals surface area contributed by atoms with E-state index in [1.807, 2.05) is 25.1 Å². The maximum atomic E-state index is 12.0. The molecule has 0 saturated carbocycles. The van der Waals surface area contributed by atoms with Crippen molar-refractivity contribution in [2.75, 3.05) is 0 Å². The van der Waals surface area contributed by atoms with Gasteiger partial charge in [0.25, 0.3) is 5.91 Å². The number of nitrogens with zero attached hydrogens (tertiary/aromatic N) is 2. The highest BCUT2D eigenvalue weighted by Gasteiger charge is 2.11. The van der Waals surface area contributed by atoms with Crippen LogP contribution in [0.4, 0.5) is 5.69 Å². The van der Waals surface area contributed by atoms with Crippen LogP contribution in [0.1, 0.15) is 15.9 Å². The summed E-state index contributed by atoms with van der Waals surface area (Å²) in [6.45, 7) is 1.93. The number of carbonyl (C=O) groups excluding carboxylic acids is 1. The van der Waals surface area contributed by atoms with E-state index in [1.165, 1.54) is 0 Å². The number of H-pyrrole nitrogens is 1. The van der Waals surface area contributed by atoms with Gasteiger partial charge in [-0.25, -0.2) is 0 Å². The molecule has 1 heterocycles. The summed E-state index contributed by atoms with van der Waals surface area (Å²) in [7, 11) is 0. The molecular weight excluding hydrogens is 302 g/mol. The molecule has 110 valence electrons. The minimum atomic E-state index is -0.502. The van der Waals surface area contributed by atoms with Crippen LogP contribution in [0.3, 0.4) is 0 Å². The SMILES string of the molecule is Cc1ccc2[nH]c(O)c(N=NC(=O)c3ccc(Cl)cc3)c2c1. The number of fused-ring (bicyclic) bond motifs is 1. The van der Waals surface area contributed by atoms with Gasteiger partial charge in [0.05, 0.1) is 5.52 Å². The molecule has 2 N–H and O–H groups in total. The second-order valence-corrected chi connectivity index (χ2v) is 5.32. The van der Waals surface area contributed by atoms with E-state index < -0.39 is 5.91 Å². The molecule has 22 heavy (non-hydrogen) atoms. The molecular formula is C16H12ClN3O2. The average Bonchev–Trinajstić information content (AvgIpc) is 2.80. The number of hydrogen-bond acceptors (Lipinski definition) is 3. The van der Waals surface area contributed by atoms with Gasteiger partial charge in [0.2, 0.25) is 5.88 Å². The first-order valence-electron chi connectivity index (χ1n) is 6.57. The Morgan fingerprint density at radius 2 is 1.91 bits per heavy atom. The Hall–Kier alpha value is -2.66. The first kappa shape index (κ1) is 14.3. The smallest absolute Gasteiger partial charge is 0.295 e. The van der Waals surface area contributed by atoms with Crippen LogP contribution < -0.4 is 0 Å². The van der Waals surface area contributed by atoms with E-state index in [0.29, 0.717) is 16.0 Å². The van der Waals surface area contributed by atoms with Crippen LogP contribution in [0.5, 0.6) is 5.88 Å². The Bertz CT molecular complexity index is 882. The predicted molar refractivity (Wildman–Crippen MR) is 85.0 cm³/mol. The summed E-state index contributed by atoms with van der Waals surface area (Å²) in [5, 5.41) is 18.7. The summed E-state index contributed by atoms with van der Waals surface area (Å²) >= 11 is 5.77. The zero-order valence-electron chi connectivity index (χ0n) is 11.7. The average molecular weight is 314 g/mol. The van der Waals surface area contributed by atoms with Gasteiger partial charge in [-0.05, 0) is 43.3 Å². The number of aromatic nitrogens is 1. The number of halogens is 1. The van der Waals surface area contributed by atoms with Gasteiger partial charge < -0.3 is 10.1 Å². The molecule has 5 nitrogen and oxygen atoms in total. The number of rotatable bonds is 2. The summed E-state index contributed by atoms with van der Waals surface area (Å²) in [5.74, 6) is -0.619. The molecule has 0 fully saturated rings. The lowest BCUT2D eigenvalue weighted by Gasteiger charge is -1.95. The van der Waals surface area contributed by atoms with Crippen LogP contribution >= 0.6 is 11.6 Å². The number of benzene rings is 2. The molecule has 0 atom stereocenters. The lowest BCUT2D eigenvalue weighted by molar-refractivity contribution is 0.0995. The van der Waals surface area contributed by atoms with Gasteiger partial charge in [-0.2, -0.15) is 0 Å². The van der Waals surface area contributed by atoms with E-state index in [1.54, 1.807) is 24.3 Å². The number of carbonyl (C=O) groups is 1. The van der Waals surface area contributed by atoms with Crippen LogP contribution in [0.25, 0.3) is 10.9 Å². The minimum absolute atomic E-state index is 0.117. The lowest BCUT2D eigenvalue weighted by atomic mass is 10.1. The molecule has 0 radical (unpaired) electrons. The molecule has 3 rings (SSSR count). The van der Waals surface area contributed by atoms with Gasteiger partial charge >= 0.3 is 0 Å². The Kier molecular flexibility index (Phi) is 3.65. The van der Waals surface area contributed by atoms with E-state index in [9.17, 15) is 9.90 Å². The summed E-state index contributed by atoms with van der Waals surface area (Å²) < 4.78 is 0. The zero-order chi connectivity index (χ0) is 15.7. The third-order valence-corrected chi connectivity index (χ3v) is 3.49. The fraction of sp³-hybridized carbons (Fsp3) is 0.0625. The number of aromatic hydroxyl groups is 1. The number of hydrogen-bond donors (Lipinski definition) is 2. The Morgan fingerprint density at radius 1 is 1.18 bits per heavy atom. The molecule has 0 unspecified atom stereocenters. The van der Waals surface area contributed by atoms with Gasteiger partial charge in [-0.3, -0.25) is 4.79 Å². The molecule has 1 amide bonds. The maximum absolute atomic E-state index is 12.0. The topological polar surface area (TPSA) is 77.8 Å². The molecule has 0 aliphatic heterocycles. The number of aromatic amines is 1. The molecule has 0 aliphatic rings. The maximum Gasteiger partial charge on any atom is 0.295 e. The molecule has 1 aromatic heterocycles. The van der Waals surface area contributed by atoms with Crippen molar-refractivity contribution < 1.29 is 9.90 Å². The van der Waals surface area contributed by atoms with E-state index in [-0.39, 0.29) is 11.6 Å². The number of aryl methyl sites for hydroxylation is 1. The first-order chi connectivity index (χ1) is 10.5. The quantitative estimate of drug-likeness (QED) is 0.669. The summed E-state index contributed by atoms with van der Waals surface area (Å²) in [6.07, 6.45) is 0. The third kappa shape index (κ3) is 2.71. The summed E-state index contributed by atoms with van der Waals surface area (Å²) in [4.78, 5) is 14.8. The summed E-state index contributed by atoms with van der Waals surface area (Å²) in [6, 6.07) is 12.0. The van der Waals surface area contributed by atoms with Crippen LogP contribution in [-0.4, -0.2) is 16.0 Å². The molecule has 2 aromatic carbocycles. The fourth-order valence-electron chi connectivity index (χ4n) is 2.12. The van der Waals surface area contributed by atoms with Crippen LogP contribution in [0.2, 0.25) is 5.02 Å². The largest absolute Gasteiger partial charge is 0.493 e. The van der Waals surface area contributed by atoms with Crippen LogP contribution in [-0.2, 0) is 0 Å². The molecule has 3 aromatic rings.